The molecule has 0 radical (unpaired) electrons. The first-order valence-corrected chi connectivity index (χ1v) is 6.47. The summed E-state index contributed by atoms with van der Waals surface area (Å²) in [5, 5.41) is 3.08. The van der Waals surface area contributed by atoms with Gasteiger partial charge in [-0.1, -0.05) is 19.1 Å². The Kier molecular flexibility index (Phi) is 4.34. The lowest BCUT2D eigenvalue weighted by molar-refractivity contribution is 0.415. The smallest absolute Gasteiger partial charge is 0.131 e. The zero-order valence-corrected chi connectivity index (χ0v) is 11.6. The van der Waals surface area contributed by atoms with E-state index in [0.29, 0.717) is 0 Å². The van der Waals surface area contributed by atoms with Gasteiger partial charge in [0.2, 0.25) is 0 Å². The summed E-state index contributed by atoms with van der Waals surface area (Å²) in [5.41, 5.74) is 1.96. The lowest BCUT2D eigenvalue weighted by Crippen LogP contribution is -2.01. The number of nitrogens with one attached hydrogen (secondary N) is 1. The lowest BCUT2D eigenvalue weighted by Gasteiger charge is -2.08. The van der Waals surface area contributed by atoms with Crippen LogP contribution in [0.5, 0.6) is 5.75 Å². The maximum Gasteiger partial charge on any atom is 0.131 e. The summed E-state index contributed by atoms with van der Waals surface area (Å²) in [6, 6.07) is 9.86. The topological polar surface area (TPSA) is 47.0 Å². The van der Waals surface area contributed by atoms with Crippen molar-refractivity contribution in [3.63, 3.8) is 0 Å². The summed E-state index contributed by atoms with van der Waals surface area (Å²) in [4.78, 5) is 9.07. The molecular formula is C15H19N3O. The molecule has 0 amide bonds. The van der Waals surface area contributed by atoms with E-state index in [2.05, 4.69) is 22.2 Å². The molecule has 19 heavy (non-hydrogen) atoms. The highest BCUT2D eigenvalue weighted by molar-refractivity contribution is 5.64. The van der Waals surface area contributed by atoms with E-state index in [9.17, 15) is 0 Å². The van der Waals surface area contributed by atoms with Gasteiger partial charge in [0.05, 0.1) is 12.8 Å². The molecule has 1 aromatic heterocycles. The van der Waals surface area contributed by atoms with Crippen molar-refractivity contribution in [3.05, 3.63) is 36.2 Å². The van der Waals surface area contributed by atoms with Crippen molar-refractivity contribution in [2.75, 3.05) is 19.5 Å². The number of hydrogen-bond acceptors (Lipinski definition) is 4. The van der Waals surface area contributed by atoms with Crippen molar-refractivity contribution in [1.29, 1.82) is 0 Å². The maximum atomic E-state index is 5.25. The van der Waals surface area contributed by atoms with E-state index in [-0.39, 0.29) is 0 Å². The average Bonchev–Trinajstić information content (AvgIpc) is 2.47. The lowest BCUT2D eigenvalue weighted by atomic mass is 10.1. The first-order valence-electron chi connectivity index (χ1n) is 6.47. The number of rotatable bonds is 5. The van der Waals surface area contributed by atoms with E-state index in [0.717, 1.165) is 41.5 Å². The second kappa shape index (κ2) is 6.18. The molecule has 1 heterocycles. The molecule has 0 bridgehead atoms. The van der Waals surface area contributed by atoms with Gasteiger partial charge in [-0.3, -0.25) is 0 Å². The van der Waals surface area contributed by atoms with E-state index in [4.69, 9.17) is 4.74 Å². The van der Waals surface area contributed by atoms with Gasteiger partial charge in [-0.2, -0.15) is 0 Å². The Morgan fingerprint density at radius 3 is 2.74 bits per heavy atom. The van der Waals surface area contributed by atoms with Gasteiger partial charge in [0.15, 0.2) is 0 Å². The first kappa shape index (κ1) is 13.3. The van der Waals surface area contributed by atoms with Crippen molar-refractivity contribution < 1.29 is 4.74 Å². The molecule has 0 aliphatic carbocycles. The van der Waals surface area contributed by atoms with Gasteiger partial charge in [-0.15, -0.1) is 0 Å². The third-order valence-electron chi connectivity index (χ3n) is 2.87. The van der Waals surface area contributed by atoms with E-state index < -0.39 is 0 Å². The summed E-state index contributed by atoms with van der Waals surface area (Å²) >= 11 is 0. The predicted molar refractivity (Wildman–Crippen MR) is 77.6 cm³/mol. The molecule has 0 saturated heterocycles. The standard InChI is InChI=1S/C15H19N3O/c1-4-6-14-17-13(10-15(16-2)18-14)11-7-5-8-12(9-11)19-3/h5,7-10H,4,6H2,1-3H3,(H,16,17,18). The molecule has 2 aromatic rings. The van der Waals surface area contributed by atoms with Gasteiger partial charge in [0.1, 0.15) is 17.4 Å². The molecule has 0 atom stereocenters. The first-order chi connectivity index (χ1) is 9.26. The van der Waals surface area contributed by atoms with Gasteiger partial charge in [0.25, 0.3) is 0 Å². The Morgan fingerprint density at radius 2 is 2.05 bits per heavy atom. The molecule has 0 unspecified atom stereocenters. The van der Waals surface area contributed by atoms with Crippen LogP contribution in [0.3, 0.4) is 0 Å². The molecular weight excluding hydrogens is 238 g/mol. The number of anilines is 1. The Hall–Kier alpha value is -2.10. The Morgan fingerprint density at radius 1 is 1.21 bits per heavy atom. The van der Waals surface area contributed by atoms with Gasteiger partial charge in [0, 0.05) is 25.1 Å². The average molecular weight is 257 g/mol. The third kappa shape index (κ3) is 3.22. The van der Waals surface area contributed by atoms with Crippen molar-refractivity contribution in [2.45, 2.75) is 19.8 Å². The van der Waals surface area contributed by atoms with Crippen molar-refractivity contribution in [2.24, 2.45) is 0 Å². The van der Waals surface area contributed by atoms with Crippen molar-refractivity contribution >= 4 is 5.82 Å². The molecule has 2 rings (SSSR count). The molecule has 0 aliphatic rings. The highest BCUT2D eigenvalue weighted by Crippen LogP contribution is 2.24. The fraction of sp³-hybridized carbons (Fsp3) is 0.333. The van der Waals surface area contributed by atoms with Gasteiger partial charge >= 0.3 is 0 Å². The van der Waals surface area contributed by atoms with Crippen LogP contribution in [0.2, 0.25) is 0 Å². The van der Waals surface area contributed by atoms with Crippen LogP contribution in [0.25, 0.3) is 11.3 Å². The largest absolute Gasteiger partial charge is 0.497 e. The fourth-order valence-electron chi connectivity index (χ4n) is 1.89. The van der Waals surface area contributed by atoms with Crippen LogP contribution in [0.15, 0.2) is 30.3 Å². The van der Waals surface area contributed by atoms with Crippen LogP contribution >= 0.6 is 0 Å². The summed E-state index contributed by atoms with van der Waals surface area (Å²) in [6.07, 6.45) is 1.91. The van der Waals surface area contributed by atoms with Crippen LogP contribution in [-0.4, -0.2) is 24.1 Å². The molecule has 0 spiro atoms. The molecule has 0 aliphatic heterocycles. The molecule has 4 heteroatoms. The molecule has 0 fully saturated rings. The number of ether oxygens (including phenoxy) is 1. The molecule has 4 nitrogen and oxygen atoms in total. The summed E-state index contributed by atoms with van der Waals surface area (Å²) in [7, 11) is 3.54. The van der Waals surface area contributed by atoms with E-state index >= 15 is 0 Å². The molecule has 0 saturated carbocycles. The normalized spacial score (nSPS) is 10.3. The number of aryl methyl sites for hydroxylation is 1. The second-order valence-corrected chi connectivity index (χ2v) is 4.29. The second-order valence-electron chi connectivity index (χ2n) is 4.29. The van der Waals surface area contributed by atoms with Gasteiger partial charge < -0.3 is 10.1 Å². The number of nitrogens with zero attached hydrogens (tertiary/aromatic N) is 2. The van der Waals surface area contributed by atoms with Gasteiger partial charge in [-0.25, -0.2) is 9.97 Å². The van der Waals surface area contributed by atoms with Gasteiger partial charge in [-0.05, 0) is 18.6 Å². The van der Waals surface area contributed by atoms with Crippen LogP contribution < -0.4 is 10.1 Å². The Bertz CT molecular complexity index is 555. The Balaban J connectivity index is 2.44. The minimum Gasteiger partial charge on any atom is -0.497 e. The quantitative estimate of drug-likeness (QED) is 0.893. The van der Waals surface area contributed by atoms with Crippen LogP contribution in [-0.2, 0) is 6.42 Å². The summed E-state index contributed by atoms with van der Waals surface area (Å²) < 4.78 is 5.25. The highest BCUT2D eigenvalue weighted by atomic mass is 16.5. The Labute approximate surface area is 113 Å². The number of benzene rings is 1. The zero-order chi connectivity index (χ0) is 13.7. The van der Waals surface area contributed by atoms with Crippen LogP contribution in [0, 0.1) is 0 Å². The van der Waals surface area contributed by atoms with E-state index in [1.54, 1.807) is 7.11 Å². The maximum absolute atomic E-state index is 5.25. The monoisotopic (exact) mass is 257 g/mol. The van der Waals surface area contributed by atoms with Crippen molar-refractivity contribution in [3.8, 4) is 17.0 Å². The highest BCUT2D eigenvalue weighted by Gasteiger charge is 2.06. The SMILES string of the molecule is CCCc1nc(NC)cc(-c2cccc(OC)c2)n1. The number of methoxy groups -OCH3 is 1. The van der Waals surface area contributed by atoms with E-state index in [1.807, 2.05) is 37.4 Å². The molecule has 1 aromatic carbocycles. The number of hydrogen-bond donors (Lipinski definition) is 1. The third-order valence-corrected chi connectivity index (χ3v) is 2.87. The van der Waals surface area contributed by atoms with E-state index in [1.165, 1.54) is 0 Å². The van der Waals surface area contributed by atoms with Crippen LogP contribution in [0.1, 0.15) is 19.2 Å². The minimum atomic E-state index is 0.833. The summed E-state index contributed by atoms with van der Waals surface area (Å²) in [6.45, 7) is 2.13. The predicted octanol–water partition coefficient (Wildman–Crippen LogP) is 3.15. The van der Waals surface area contributed by atoms with Crippen molar-refractivity contribution in [1.82, 2.24) is 9.97 Å². The number of aromatic nitrogens is 2. The molecule has 1 N–H and O–H groups in total. The molecule has 100 valence electrons. The zero-order valence-electron chi connectivity index (χ0n) is 11.6. The fourth-order valence-corrected chi connectivity index (χ4v) is 1.89. The minimum absolute atomic E-state index is 0.833. The summed E-state index contributed by atoms with van der Waals surface area (Å²) in [5.74, 6) is 2.54. The van der Waals surface area contributed by atoms with Crippen LogP contribution in [0.4, 0.5) is 5.82 Å².